The SMILES string of the molecule is Cc1noc(C)c1S(=O)(=O)N[C@@H](C)C(=O)Nc1ncc(C(O)(C(F)(F)F)C(F)(F)F)s1. The van der Waals surface area contributed by atoms with Gasteiger partial charge in [0.25, 0.3) is 5.60 Å². The van der Waals surface area contributed by atoms with Crippen LogP contribution >= 0.6 is 11.3 Å². The lowest BCUT2D eigenvalue weighted by Crippen LogP contribution is -2.53. The monoisotopic (exact) mass is 496 g/mol. The Morgan fingerprint density at radius 3 is 2.19 bits per heavy atom. The van der Waals surface area contributed by atoms with E-state index in [9.17, 15) is 44.7 Å². The average molecular weight is 496 g/mol. The van der Waals surface area contributed by atoms with Gasteiger partial charge >= 0.3 is 12.4 Å². The van der Waals surface area contributed by atoms with Gasteiger partial charge in [0.1, 0.15) is 10.6 Å². The van der Waals surface area contributed by atoms with Gasteiger partial charge in [0, 0.05) is 6.20 Å². The predicted molar refractivity (Wildman–Crippen MR) is 92.5 cm³/mol. The number of aryl methyl sites for hydroxylation is 2. The van der Waals surface area contributed by atoms with Crippen LogP contribution in [0.25, 0.3) is 0 Å². The molecule has 9 nitrogen and oxygen atoms in total. The molecule has 0 aliphatic heterocycles. The zero-order valence-electron chi connectivity index (χ0n) is 15.7. The first-order valence-corrected chi connectivity index (χ1v) is 10.3. The Bertz CT molecular complexity index is 1040. The number of thiazole rings is 1. The quantitative estimate of drug-likeness (QED) is 0.523. The Morgan fingerprint density at radius 2 is 1.74 bits per heavy atom. The summed E-state index contributed by atoms with van der Waals surface area (Å²) in [5.41, 5.74) is -5.20. The highest BCUT2D eigenvalue weighted by atomic mass is 32.2. The van der Waals surface area contributed by atoms with E-state index >= 15 is 0 Å². The van der Waals surface area contributed by atoms with Gasteiger partial charge in [0.15, 0.2) is 10.9 Å². The molecule has 17 heteroatoms. The molecule has 2 aromatic rings. The van der Waals surface area contributed by atoms with Crippen LogP contribution in [0.5, 0.6) is 0 Å². The summed E-state index contributed by atoms with van der Waals surface area (Å²) in [6.07, 6.45) is -12.1. The number of halogens is 6. The van der Waals surface area contributed by atoms with Crippen molar-refractivity contribution in [2.45, 2.75) is 49.7 Å². The first-order valence-electron chi connectivity index (χ1n) is 8.00. The van der Waals surface area contributed by atoms with Gasteiger partial charge in [0.05, 0.1) is 10.9 Å². The molecule has 0 unspecified atom stereocenters. The van der Waals surface area contributed by atoms with Crippen LogP contribution in [0.3, 0.4) is 0 Å². The largest absolute Gasteiger partial charge is 0.431 e. The van der Waals surface area contributed by atoms with Gasteiger partial charge in [-0.25, -0.2) is 13.4 Å². The molecule has 0 radical (unpaired) electrons. The summed E-state index contributed by atoms with van der Waals surface area (Å²) in [6, 6.07) is -1.52. The summed E-state index contributed by atoms with van der Waals surface area (Å²) in [5, 5.41) is 13.9. The number of nitrogens with zero attached hydrogens (tertiary/aromatic N) is 2. The molecule has 0 aromatic carbocycles. The number of aromatic nitrogens is 2. The summed E-state index contributed by atoms with van der Waals surface area (Å²) >= 11 is -0.275. The molecule has 3 N–H and O–H groups in total. The third kappa shape index (κ3) is 4.68. The number of amides is 1. The van der Waals surface area contributed by atoms with Crippen molar-refractivity contribution in [2.75, 3.05) is 5.32 Å². The second kappa shape index (κ2) is 8.03. The first kappa shape index (κ1) is 25.0. The van der Waals surface area contributed by atoms with E-state index in [-0.39, 0.29) is 33.9 Å². The van der Waals surface area contributed by atoms with E-state index in [1.54, 1.807) is 0 Å². The zero-order valence-corrected chi connectivity index (χ0v) is 17.3. The van der Waals surface area contributed by atoms with E-state index in [4.69, 9.17) is 4.52 Å². The van der Waals surface area contributed by atoms with E-state index < -0.39 is 49.9 Å². The molecule has 0 saturated heterocycles. The van der Waals surface area contributed by atoms with Crippen molar-refractivity contribution in [3.63, 3.8) is 0 Å². The number of carbonyl (C=O) groups excluding carboxylic acids is 1. The molecule has 0 aliphatic carbocycles. The topological polar surface area (TPSA) is 134 Å². The predicted octanol–water partition coefficient (Wildman–Crippen LogP) is 2.37. The highest BCUT2D eigenvalue weighted by Crippen LogP contribution is 2.51. The summed E-state index contributed by atoms with van der Waals surface area (Å²) in [6.45, 7) is 3.70. The number of nitrogens with one attached hydrogen (secondary N) is 2. The molecule has 2 aromatic heterocycles. The summed E-state index contributed by atoms with van der Waals surface area (Å²) < 4.78 is 109. The smallest absolute Gasteiger partial charge is 0.369 e. The van der Waals surface area contributed by atoms with E-state index in [0.29, 0.717) is 0 Å². The van der Waals surface area contributed by atoms with Crippen LogP contribution in [0, 0.1) is 13.8 Å². The lowest BCUT2D eigenvalue weighted by atomic mass is 10.0. The molecule has 174 valence electrons. The molecule has 31 heavy (non-hydrogen) atoms. The van der Waals surface area contributed by atoms with E-state index in [1.807, 2.05) is 10.0 Å². The van der Waals surface area contributed by atoms with Crippen molar-refractivity contribution in [3.05, 3.63) is 22.5 Å². The number of hydrogen-bond acceptors (Lipinski definition) is 8. The van der Waals surface area contributed by atoms with Gasteiger partial charge in [-0.2, -0.15) is 31.1 Å². The van der Waals surface area contributed by atoms with Crippen LogP contribution in [0.1, 0.15) is 23.3 Å². The number of rotatable bonds is 6. The number of anilines is 1. The van der Waals surface area contributed by atoms with Crippen molar-refractivity contribution in [3.8, 4) is 0 Å². The highest BCUT2D eigenvalue weighted by molar-refractivity contribution is 7.89. The minimum Gasteiger partial charge on any atom is -0.369 e. The third-order valence-electron chi connectivity index (χ3n) is 3.87. The minimum absolute atomic E-state index is 0.000704. The summed E-state index contributed by atoms with van der Waals surface area (Å²) in [7, 11) is -4.29. The van der Waals surface area contributed by atoms with Crippen molar-refractivity contribution in [2.24, 2.45) is 0 Å². The lowest BCUT2D eigenvalue weighted by molar-refractivity contribution is -0.375. The molecular formula is C14H14F6N4O5S2. The molecular weight excluding hydrogens is 482 g/mol. The molecule has 0 fully saturated rings. The standard InChI is InChI=1S/C14H14F6N4O5S2/c1-5-9(7(3)29-23-5)31(27,28)24-6(2)10(25)22-11-21-4-8(30-11)12(26,13(15,16)17)14(18,19)20/h4,6,24,26H,1-3H3,(H,21,22,25)/t6-/m0/s1. The van der Waals surface area contributed by atoms with Crippen molar-refractivity contribution < 1.29 is 49.2 Å². The molecule has 2 rings (SSSR count). The summed E-state index contributed by atoms with van der Waals surface area (Å²) in [5.74, 6) is -1.21. The van der Waals surface area contributed by atoms with E-state index in [1.165, 1.54) is 13.8 Å². The third-order valence-corrected chi connectivity index (χ3v) is 6.68. The van der Waals surface area contributed by atoms with Crippen LogP contribution in [0.15, 0.2) is 15.6 Å². The average Bonchev–Trinajstić information content (AvgIpc) is 3.18. The van der Waals surface area contributed by atoms with Gasteiger partial charge in [0.2, 0.25) is 15.9 Å². The van der Waals surface area contributed by atoms with Crippen molar-refractivity contribution in [1.82, 2.24) is 14.9 Å². The second-order valence-corrected chi connectivity index (χ2v) is 8.90. The van der Waals surface area contributed by atoms with E-state index in [0.717, 1.165) is 6.92 Å². The molecule has 1 amide bonds. The maximum Gasteiger partial charge on any atom is 0.431 e. The van der Waals surface area contributed by atoms with Gasteiger partial charge in [-0.05, 0) is 20.8 Å². The fourth-order valence-corrected chi connectivity index (χ4v) is 4.84. The van der Waals surface area contributed by atoms with Gasteiger partial charge in [-0.15, -0.1) is 0 Å². The van der Waals surface area contributed by atoms with Gasteiger partial charge in [-0.1, -0.05) is 16.5 Å². The fourth-order valence-electron chi connectivity index (χ4n) is 2.36. The normalized spacial score (nSPS) is 14.5. The number of alkyl halides is 6. The van der Waals surface area contributed by atoms with Crippen LogP contribution in [-0.4, -0.2) is 48.0 Å². The number of aliphatic hydroxyl groups is 1. The molecule has 1 atom stereocenters. The highest BCUT2D eigenvalue weighted by Gasteiger charge is 2.72. The maximum absolute atomic E-state index is 12.9. The van der Waals surface area contributed by atoms with Crippen molar-refractivity contribution in [1.29, 1.82) is 0 Å². The Balaban J connectivity index is 2.21. The number of hydrogen-bond donors (Lipinski definition) is 3. The van der Waals surface area contributed by atoms with Crippen LogP contribution in [0.4, 0.5) is 31.5 Å². The van der Waals surface area contributed by atoms with Crippen molar-refractivity contribution >= 4 is 32.4 Å². The molecule has 0 spiro atoms. The van der Waals surface area contributed by atoms with Crippen LogP contribution in [0.2, 0.25) is 0 Å². The maximum atomic E-state index is 12.9. The Labute approximate surface area is 174 Å². The number of carbonyl (C=O) groups is 1. The van der Waals surface area contributed by atoms with Gasteiger partial charge < -0.3 is 14.9 Å². The number of sulfonamides is 1. The fraction of sp³-hybridized carbons (Fsp3) is 0.500. The second-order valence-electron chi connectivity index (χ2n) is 6.22. The minimum atomic E-state index is -6.11. The molecule has 0 saturated carbocycles. The lowest BCUT2D eigenvalue weighted by Gasteiger charge is -2.30. The van der Waals surface area contributed by atoms with E-state index in [2.05, 4.69) is 10.1 Å². The van der Waals surface area contributed by atoms with Gasteiger partial charge in [-0.3, -0.25) is 4.79 Å². The Hall–Kier alpha value is -2.24. The first-order chi connectivity index (χ1) is 13.9. The summed E-state index contributed by atoms with van der Waals surface area (Å²) in [4.78, 5) is 13.4. The Kier molecular flexibility index (Phi) is 6.48. The molecule has 0 aliphatic rings. The van der Waals surface area contributed by atoms with Crippen LogP contribution < -0.4 is 10.0 Å². The Morgan fingerprint density at radius 1 is 1.19 bits per heavy atom. The molecule has 0 bridgehead atoms. The zero-order chi connectivity index (χ0) is 24.0. The van der Waals surface area contributed by atoms with Crippen LogP contribution in [-0.2, 0) is 20.4 Å². The molecule has 2 heterocycles.